The maximum Gasteiger partial charge on any atom is 0.296 e. The third kappa shape index (κ3) is 4.44. The van der Waals surface area contributed by atoms with Crippen LogP contribution in [0.1, 0.15) is 33.6 Å². The van der Waals surface area contributed by atoms with Gasteiger partial charge in [-0.25, -0.2) is 0 Å². The average molecular weight is 153 g/mol. The van der Waals surface area contributed by atoms with E-state index in [9.17, 15) is 4.79 Å². The number of terminal acetylenes is 1. The predicted octanol–water partition coefficient (Wildman–Crippen LogP) is 1.31. The SMILES string of the molecule is C#CC(=O)NC(C)(C)CCC. The van der Waals surface area contributed by atoms with Crippen molar-refractivity contribution < 1.29 is 4.79 Å². The van der Waals surface area contributed by atoms with E-state index in [0.717, 1.165) is 12.8 Å². The molecule has 0 aromatic heterocycles. The van der Waals surface area contributed by atoms with Crippen molar-refractivity contribution in [3.8, 4) is 12.3 Å². The maximum absolute atomic E-state index is 10.8. The molecule has 1 amide bonds. The average Bonchev–Trinajstić information content (AvgIpc) is 1.86. The predicted molar refractivity (Wildman–Crippen MR) is 46.0 cm³/mol. The van der Waals surface area contributed by atoms with Crippen LogP contribution in [0.15, 0.2) is 0 Å². The summed E-state index contributed by atoms with van der Waals surface area (Å²) in [6.45, 7) is 6.00. The molecule has 2 nitrogen and oxygen atoms in total. The highest BCUT2D eigenvalue weighted by Gasteiger charge is 2.17. The molecule has 0 radical (unpaired) electrons. The molecule has 0 heterocycles. The normalized spacial score (nSPS) is 10.4. The maximum atomic E-state index is 10.8. The standard InChI is InChI=1S/C9H15NO/c1-5-7-9(3,4)10-8(11)6-2/h2H,5,7H2,1,3-4H3,(H,10,11). The van der Waals surface area contributed by atoms with Crippen molar-refractivity contribution in [2.75, 3.05) is 0 Å². The van der Waals surface area contributed by atoms with Crippen LogP contribution in [0.3, 0.4) is 0 Å². The first-order valence-electron chi connectivity index (χ1n) is 3.80. The molecule has 0 bridgehead atoms. The third-order valence-electron chi connectivity index (χ3n) is 1.46. The zero-order valence-corrected chi connectivity index (χ0v) is 7.40. The summed E-state index contributed by atoms with van der Waals surface area (Å²) < 4.78 is 0. The summed E-state index contributed by atoms with van der Waals surface area (Å²) in [4.78, 5) is 10.8. The van der Waals surface area contributed by atoms with Crippen molar-refractivity contribution in [2.45, 2.75) is 39.2 Å². The van der Waals surface area contributed by atoms with Gasteiger partial charge in [-0.15, -0.1) is 6.42 Å². The summed E-state index contributed by atoms with van der Waals surface area (Å²) in [5, 5.41) is 2.73. The molecule has 0 aliphatic carbocycles. The lowest BCUT2D eigenvalue weighted by atomic mass is 9.99. The summed E-state index contributed by atoms with van der Waals surface area (Å²) in [7, 11) is 0. The number of nitrogens with one attached hydrogen (secondary N) is 1. The molecule has 0 saturated heterocycles. The van der Waals surface area contributed by atoms with E-state index < -0.39 is 0 Å². The van der Waals surface area contributed by atoms with Crippen molar-refractivity contribution in [1.29, 1.82) is 0 Å². The number of hydrogen-bond acceptors (Lipinski definition) is 1. The van der Waals surface area contributed by atoms with Gasteiger partial charge < -0.3 is 5.32 Å². The number of hydrogen-bond donors (Lipinski definition) is 1. The van der Waals surface area contributed by atoms with Crippen molar-refractivity contribution in [3.63, 3.8) is 0 Å². The van der Waals surface area contributed by atoms with Gasteiger partial charge in [-0.3, -0.25) is 4.79 Å². The fraction of sp³-hybridized carbons (Fsp3) is 0.667. The Bertz CT molecular complexity index is 176. The van der Waals surface area contributed by atoms with Crippen LogP contribution in [-0.2, 0) is 4.79 Å². The molecule has 0 rings (SSSR count). The van der Waals surface area contributed by atoms with Crippen LogP contribution < -0.4 is 5.32 Å². The van der Waals surface area contributed by atoms with Gasteiger partial charge >= 0.3 is 0 Å². The van der Waals surface area contributed by atoms with Gasteiger partial charge in [0, 0.05) is 5.54 Å². The van der Waals surface area contributed by atoms with Gasteiger partial charge in [-0.1, -0.05) is 13.3 Å². The van der Waals surface area contributed by atoms with Gasteiger partial charge in [0.15, 0.2) is 0 Å². The number of carbonyl (C=O) groups excluding carboxylic acids is 1. The largest absolute Gasteiger partial charge is 0.340 e. The Morgan fingerprint density at radius 2 is 2.18 bits per heavy atom. The molecular formula is C9H15NO. The molecular weight excluding hydrogens is 138 g/mol. The number of carbonyl (C=O) groups is 1. The summed E-state index contributed by atoms with van der Waals surface area (Å²) in [5.74, 6) is 1.70. The molecule has 1 N–H and O–H groups in total. The van der Waals surface area contributed by atoms with Crippen LogP contribution in [0.2, 0.25) is 0 Å². The first-order valence-corrected chi connectivity index (χ1v) is 3.80. The van der Waals surface area contributed by atoms with E-state index >= 15 is 0 Å². The van der Waals surface area contributed by atoms with Crippen LogP contribution in [0.25, 0.3) is 0 Å². The Kier molecular flexibility index (Phi) is 3.67. The summed E-state index contributed by atoms with van der Waals surface area (Å²) >= 11 is 0. The Morgan fingerprint density at radius 3 is 2.55 bits per heavy atom. The second-order valence-corrected chi connectivity index (χ2v) is 3.23. The lowest BCUT2D eigenvalue weighted by molar-refractivity contribution is -0.117. The number of amides is 1. The Balaban J connectivity index is 3.92. The van der Waals surface area contributed by atoms with E-state index in [1.807, 2.05) is 19.8 Å². The monoisotopic (exact) mass is 153 g/mol. The molecule has 0 fully saturated rings. The summed E-state index contributed by atoms with van der Waals surface area (Å²) in [6.07, 6.45) is 6.90. The highest BCUT2D eigenvalue weighted by Crippen LogP contribution is 2.09. The third-order valence-corrected chi connectivity index (χ3v) is 1.46. The molecule has 0 saturated carbocycles. The molecule has 0 spiro atoms. The fourth-order valence-electron chi connectivity index (χ4n) is 1.03. The summed E-state index contributed by atoms with van der Waals surface area (Å²) in [6, 6.07) is 0. The molecule has 11 heavy (non-hydrogen) atoms. The van der Waals surface area contributed by atoms with Crippen LogP contribution in [0.5, 0.6) is 0 Å². The van der Waals surface area contributed by atoms with Crippen LogP contribution in [-0.4, -0.2) is 11.4 Å². The molecule has 2 heteroatoms. The van der Waals surface area contributed by atoms with Gasteiger partial charge in [0.2, 0.25) is 0 Å². The van der Waals surface area contributed by atoms with E-state index in [-0.39, 0.29) is 11.4 Å². The van der Waals surface area contributed by atoms with Gasteiger partial charge in [0.1, 0.15) is 0 Å². The molecule has 0 atom stereocenters. The molecule has 0 aromatic carbocycles. The van der Waals surface area contributed by atoms with Gasteiger partial charge in [-0.05, 0) is 26.2 Å². The van der Waals surface area contributed by atoms with E-state index in [2.05, 4.69) is 12.2 Å². The molecule has 62 valence electrons. The van der Waals surface area contributed by atoms with Crippen molar-refractivity contribution in [3.05, 3.63) is 0 Å². The van der Waals surface area contributed by atoms with Crippen molar-refractivity contribution >= 4 is 5.91 Å². The van der Waals surface area contributed by atoms with Gasteiger partial charge in [0.05, 0.1) is 0 Å². The van der Waals surface area contributed by atoms with Crippen LogP contribution in [0, 0.1) is 12.3 Å². The quantitative estimate of drug-likeness (QED) is 0.609. The minimum Gasteiger partial charge on any atom is -0.340 e. The van der Waals surface area contributed by atoms with E-state index in [1.165, 1.54) is 0 Å². The van der Waals surface area contributed by atoms with Crippen molar-refractivity contribution in [2.24, 2.45) is 0 Å². The Hall–Kier alpha value is -0.970. The Morgan fingerprint density at radius 1 is 1.64 bits per heavy atom. The zero-order chi connectivity index (χ0) is 8.91. The highest BCUT2D eigenvalue weighted by molar-refractivity contribution is 5.93. The topological polar surface area (TPSA) is 29.1 Å². The van der Waals surface area contributed by atoms with E-state index in [4.69, 9.17) is 6.42 Å². The lowest BCUT2D eigenvalue weighted by Gasteiger charge is -2.24. The fourth-order valence-corrected chi connectivity index (χ4v) is 1.03. The second kappa shape index (κ2) is 4.02. The van der Waals surface area contributed by atoms with Gasteiger partial charge in [-0.2, -0.15) is 0 Å². The van der Waals surface area contributed by atoms with Crippen LogP contribution in [0.4, 0.5) is 0 Å². The molecule has 0 aliphatic heterocycles. The Labute approximate surface area is 68.4 Å². The van der Waals surface area contributed by atoms with E-state index in [0.29, 0.717) is 0 Å². The first-order chi connectivity index (χ1) is 5.02. The van der Waals surface area contributed by atoms with Crippen molar-refractivity contribution in [1.82, 2.24) is 5.32 Å². The smallest absolute Gasteiger partial charge is 0.296 e. The highest BCUT2D eigenvalue weighted by atomic mass is 16.1. The molecule has 0 unspecified atom stereocenters. The molecule has 0 aliphatic rings. The summed E-state index contributed by atoms with van der Waals surface area (Å²) in [5.41, 5.74) is -0.168. The minimum atomic E-state index is -0.330. The number of rotatable bonds is 3. The molecule has 0 aromatic rings. The van der Waals surface area contributed by atoms with E-state index in [1.54, 1.807) is 0 Å². The minimum absolute atomic E-state index is 0.168. The second-order valence-electron chi connectivity index (χ2n) is 3.23. The van der Waals surface area contributed by atoms with Crippen LogP contribution >= 0.6 is 0 Å². The first kappa shape index (κ1) is 10.0. The van der Waals surface area contributed by atoms with Gasteiger partial charge in [0.25, 0.3) is 5.91 Å². The zero-order valence-electron chi connectivity index (χ0n) is 7.40. The lowest BCUT2D eigenvalue weighted by Crippen LogP contribution is -2.42.